The maximum absolute atomic E-state index is 12.7. The Hall–Kier alpha value is -2.90. The summed E-state index contributed by atoms with van der Waals surface area (Å²) in [6, 6.07) is 6.72. The molecule has 1 aromatic rings. The van der Waals surface area contributed by atoms with Crippen molar-refractivity contribution in [3.63, 3.8) is 0 Å². The van der Waals surface area contributed by atoms with E-state index in [1.807, 2.05) is 0 Å². The van der Waals surface area contributed by atoms with E-state index in [1.54, 1.807) is 34.1 Å². The van der Waals surface area contributed by atoms with Crippen LogP contribution in [0.3, 0.4) is 0 Å². The van der Waals surface area contributed by atoms with Crippen LogP contribution in [0.5, 0.6) is 0 Å². The van der Waals surface area contributed by atoms with Crippen molar-refractivity contribution in [2.45, 2.75) is 6.42 Å². The van der Waals surface area contributed by atoms with Gasteiger partial charge in [-0.3, -0.25) is 14.4 Å². The molecule has 2 aliphatic heterocycles. The van der Waals surface area contributed by atoms with Crippen LogP contribution in [0.2, 0.25) is 0 Å². The number of amides is 3. The Morgan fingerprint density at radius 2 is 1.85 bits per heavy atom. The van der Waals surface area contributed by atoms with Crippen molar-refractivity contribution in [3.05, 3.63) is 29.8 Å². The van der Waals surface area contributed by atoms with Crippen molar-refractivity contribution < 1.29 is 23.9 Å². The van der Waals surface area contributed by atoms with Gasteiger partial charge in [0.1, 0.15) is 0 Å². The van der Waals surface area contributed by atoms with Crippen LogP contribution in [0, 0.1) is 5.92 Å². The van der Waals surface area contributed by atoms with E-state index >= 15 is 0 Å². The molecule has 3 rings (SSSR count). The van der Waals surface area contributed by atoms with Crippen LogP contribution in [0.4, 0.5) is 5.69 Å². The van der Waals surface area contributed by atoms with Gasteiger partial charge in [-0.25, -0.2) is 4.79 Å². The zero-order chi connectivity index (χ0) is 18.7. The van der Waals surface area contributed by atoms with Gasteiger partial charge < -0.3 is 19.4 Å². The predicted octanol–water partition coefficient (Wildman–Crippen LogP) is 0.127. The Labute approximate surface area is 151 Å². The zero-order valence-corrected chi connectivity index (χ0v) is 14.6. The molecular formula is C18H21N3O5. The smallest absolute Gasteiger partial charge is 0.339 e. The molecule has 8 nitrogen and oxygen atoms in total. The van der Waals surface area contributed by atoms with Gasteiger partial charge >= 0.3 is 5.97 Å². The van der Waals surface area contributed by atoms with Gasteiger partial charge in [-0.05, 0) is 12.1 Å². The third kappa shape index (κ3) is 3.40. The summed E-state index contributed by atoms with van der Waals surface area (Å²) in [7, 11) is 1.29. The van der Waals surface area contributed by atoms with Gasteiger partial charge in [0, 0.05) is 39.1 Å². The summed E-state index contributed by atoms with van der Waals surface area (Å²) in [5, 5.41) is 0. The third-order valence-corrected chi connectivity index (χ3v) is 4.85. The second-order valence-corrected chi connectivity index (χ2v) is 6.38. The molecular weight excluding hydrogens is 338 g/mol. The summed E-state index contributed by atoms with van der Waals surface area (Å²) in [6.07, 6.45) is 0.897. The van der Waals surface area contributed by atoms with Crippen molar-refractivity contribution in [1.82, 2.24) is 9.80 Å². The van der Waals surface area contributed by atoms with E-state index in [1.165, 1.54) is 12.0 Å². The lowest BCUT2D eigenvalue weighted by molar-refractivity contribution is -0.139. The van der Waals surface area contributed by atoms with Crippen molar-refractivity contribution in [1.29, 1.82) is 0 Å². The topological polar surface area (TPSA) is 87.2 Å². The number of para-hydroxylation sites is 1. The Bertz CT molecular complexity index is 727. The molecule has 1 aromatic carbocycles. The first-order chi connectivity index (χ1) is 12.5. The first kappa shape index (κ1) is 17.9. The number of rotatable bonds is 4. The number of anilines is 1. The zero-order valence-electron chi connectivity index (χ0n) is 14.6. The lowest BCUT2D eigenvalue weighted by Crippen LogP contribution is -2.50. The molecule has 3 amide bonds. The standard InChI is InChI=1S/C18H21N3O5/c1-26-18(25)14-4-2-3-5-15(14)21-11-13(10-16(21)23)17(24)20-8-6-19(12-22)7-9-20/h2-5,12-13H,6-11H2,1H3. The van der Waals surface area contributed by atoms with Crippen LogP contribution in [-0.4, -0.2) is 73.8 Å². The highest BCUT2D eigenvalue weighted by atomic mass is 16.5. The van der Waals surface area contributed by atoms with Crippen molar-refractivity contribution in [2.24, 2.45) is 5.92 Å². The van der Waals surface area contributed by atoms with Crippen LogP contribution >= 0.6 is 0 Å². The van der Waals surface area contributed by atoms with Gasteiger partial charge in [0.05, 0.1) is 24.3 Å². The Morgan fingerprint density at radius 1 is 1.15 bits per heavy atom. The summed E-state index contributed by atoms with van der Waals surface area (Å²) in [4.78, 5) is 52.8. The quantitative estimate of drug-likeness (QED) is 0.563. The van der Waals surface area contributed by atoms with E-state index in [4.69, 9.17) is 4.74 Å². The van der Waals surface area contributed by atoms with Gasteiger partial charge in [-0.15, -0.1) is 0 Å². The molecule has 0 saturated carbocycles. The molecule has 1 unspecified atom stereocenters. The van der Waals surface area contributed by atoms with E-state index in [-0.39, 0.29) is 24.8 Å². The lowest BCUT2D eigenvalue weighted by atomic mass is 10.1. The molecule has 0 N–H and O–H groups in total. The van der Waals surface area contributed by atoms with E-state index in [0.29, 0.717) is 37.4 Å². The maximum atomic E-state index is 12.7. The second-order valence-electron chi connectivity index (χ2n) is 6.38. The molecule has 26 heavy (non-hydrogen) atoms. The van der Waals surface area contributed by atoms with Crippen LogP contribution in [0.15, 0.2) is 24.3 Å². The number of ether oxygens (including phenoxy) is 1. The minimum absolute atomic E-state index is 0.0815. The molecule has 0 aliphatic carbocycles. The Kier molecular flexibility index (Phi) is 5.20. The minimum atomic E-state index is -0.520. The van der Waals surface area contributed by atoms with Crippen LogP contribution in [-0.2, 0) is 19.1 Å². The Balaban J connectivity index is 1.72. The molecule has 0 bridgehead atoms. The second kappa shape index (κ2) is 7.55. The number of carbonyl (C=O) groups is 4. The summed E-state index contributed by atoms with van der Waals surface area (Å²) in [6.45, 7) is 2.19. The van der Waals surface area contributed by atoms with Crippen molar-refractivity contribution in [2.75, 3.05) is 44.7 Å². The van der Waals surface area contributed by atoms with Crippen LogP contribution in [0.1, 0.15) is 16.8 Å². The van der Waals surface area contributed by atoms with Gasteiger partial charge in [0.25, 0.3) is 0 Å². The molecule has 2 heterocycles. The molecule has 2 aliphatic rings. The summed E-state index contributed by atoms with van der Waals surface area (Å²) in [5.74, 6) is -1.24. The highest BCUT2D eigenvalue weighted by Crippen LogP contribution is 2.29. The number of benzene rings is 1. The average Bonchev–Trinajstić information content (AvgIpc) is 3.08. The summed E-state index contributed by atoms with van der Waals surface area (Å²) >= 11 is 0. The van der Waals surface area contributed by atoms with Crippen LogP contribution < -0.4 is 4.90 Å². The number of carbonyl (C=O) groups excluding carboxylic acids is 4. The van der Waals surface area contributed by atoms with Gasteiger partial charge in [0.2, 0.25) is 18.2 Å². The molecule has 2 fully saturated rings. The van der Waals surface area contributed by atoms with Crippen LogP contribution in [0.25, 0.3) is 0 Å². The predicted molar refractivity (Wildman–Crippen MR) is 92.5 cm³/mol. The minimum Gasteiger partial charge on any atom is -0.465 e. The number of hydrogen-bond donors (Lipinski definition) is 0. The molecule has 1 atom stereocenters. The fourth-order valence-corrected chi connectivity index (χ4v) is 3.40. The summed E-state index contributed by atoms with van der Waals surface area (Å²) in [5.41, 5.74) is 0.765. The fourth-order valence-electron chi connectivity index (χ4n) is 3.40. The first-order valence-electron chi connectivity index (χ1n) is 8.51. The maximum Gasteiger partial charge on any atom is 0.339 e. The highest BCUT2D eigenvalue weighted by molar-refractivity contribution is 6.05. The fraction of sp³-hybridized carbons (Fsp3) is 0.444. The number of piperazine rings is 1. The SMILES string of the molecule is COC(=O)c1ccccc1N1CC(C(=O)N2CCN(C=O)CC2)CC1=O. The van der Waals surface area contributed by atoms with E-state index < -0.39 is 11.9 Å². The first-order valence-corrected chi connectivity index (χ1v) is 8.51. The molecule has 0 spiro atoms. The molecule has 0 radical (unpaired) electrons. The van der Waals surface area contributed by atoms with E-state index in [2.05, 4.69) is 0 Å². The number of nitrogens with zero attached hydrogens (tertiary/aromatic N) is 3. The van der Waals surface area contributed by atoms with E-state index in [9.17, 15) is 19.2 Å². The number of methoxy groups -OCH3 is 1. The average molecular weight is 359 g/mol. The van der Waals surface area contributed by atoms with Gasteiger partial charge in [-0.2, -0.15) is 0 Å². The highest BCUT2D eigenvalue weighted by Gasteiger charge is 2.39. The van der Waals surface area contributed by atoms with Gasteiger partial charge in [0.15, 0.2) is 0 Å². The number of esters is 1. The van der Waals surface area contributed by atoms with Gasteiger partial charge in [-0.1, -0.05) is 12.1 Å². The van der Waals surface area contributed by atoms with Crippen molar-refractivity contribution in [3.8, 4) is 0 Å². The summed E-state index contributed by atoms with van der Waals surface area (Å²) < 4.78 is 4.78. The monoisotopic (exact) mass is 359 g/mol. The third-order valence-electron chi connectivity index (χ3n) is 4.85. The van der Waals surface area contributed by atoms with Crippen molar-refractivity contribution >= 4 is 29.9 Å². The Morgan fingerprint density at radius 3 is 2.50 bits per heavy atom. The molecule has 0 aromatic heterocycles. The molecule has 138 valence electrons. The molecule has 8 heteroatoms. The number of hydrogen-bond acceptors (Lipinski definition) is 5. The molecule has 2 saturated heterocycles. The lowest BCUT2D eigenvalue weighted by Gasteiger charge is -2.34. The normalized spacial score (nSPS) is 20.3. The van der Waals surface area contributed by atoms with E-state index in [0.717, 1.165) is 6.41 Å². The largest absolute Gasteiger partial charge is 0.465 e.